The van der Waals surface area contributed by atoms with Crippen LogP contribution in [0.25, 0.3) is 0 Å². The molecule has 1 fully saturated rings. The van der Waals surface area contributed by atoms with Gasteiger partial charge in [0.1, 0.15) is 11.4 Å². The monoisotopic (exact) mass is 364 g/mol. The van der Waals surface area contributed by atoms with Crippen LogP contribution in [0, 0.1) is 6.92 Å². The number of rotatable bonds is 7. The highest BCUT2D eigenvalue weighted by atomic mass is 32.2. The maximum absolute atomic E-state index is 12.5. The maximum atomic E-state index is 12.5. The number of amides is 2. The van der Waals surface area contributed by atoms with E-state index in [4.69, 9.17) is 4.74 Å². The fourth-order valence-electron chi connectivity index (χ4n) is 2.80. The molecule has 5 nitrogen and oxygen atoms in total. The Morgan fingerprint density at radius 2 is 2.00 bits per heavy atom. The van der Waals surface area contributed by atoms with Crippen molar-refractivity contribution in [3.8, 4) is 0 Å². The number of nitrogens with zero attached hydrogens (tertiary/aromatic N) is 1. The molecule has 138 valence electrons. The zero-order valence-corrected chi connectivity index (χ0v) is 16.3. The maximum Gasteiger partial charge on any atom is 0.243 e. The highest BCUT2D eigenvalue weighted by molar-refractivity contribution is 7.99. The van der Waals surface area contributed by atoms with Crippen molar-refractivity contribution >= 4 is 23.6 Å². The first-order chi connectivity index (χ1) is 11.9. The Morgan fingerprint density at radius 3 is 2.60 bits per heavy atom. The highest BCUT2D eigenvalue weighted by Gasteiger charge is 2.40. The first-order valence-electron chi connectivity index (χ1n) is 8.76. The molecule has 0 bridgehead atoms. The molecule has 6 heteroatoms. The minimum Gasteiger partial charge on any atom is -0.379 e. The van der Waals surface area contributed by atoms with Crippen molar-refractivity contribution in [3.05, 3.63) is 35.4 Å². The smallest absolute Gasteiger partial charge is 0.243 e. The quantitative estimate of drug-likeness (QED) is 0.756. The van der Waals surface area contributed by atoms with Gasteiger partial charge in [-0.05, 0) is 32.8 Å². The zero-order chi connectivity index (χ0) is 18.4. The molecule has 1 aliphatic heterocycles. The van der Waals surface area contributed by atoms with Crippen molar-refractivity contribution in [2.75, 3.05) is 18.9 Å². The Kier molecular flexibility index (Phi) is 7.32. The Balaban J connectivity index is 1.95. The molecule has 1 saturated heterocycles. The van der Waals surface area contributed by atoms with Gasteiger partial charge in [0.25, 0.3) is 0 Å². The zero-order valence-electron chi connectivity index (χ0n) is 15.5. The molecule has 1 aliphatic rings. The van der Waals surface area contributed by atoms with E-state index in [1.165, 1.54) is 12.5 Å². The number of nitrogens with one attached hydrogen (secondary N) is 1. The molecule has 1 N–H and O–H groups in total. The molecule has 1 aromatic rings. The van der Waals surface area contributed by atoms with Gasteiger partial charge in [-0.2, -0.15) is 0 Å². The molecule has 2 atom stereocenters. The number of benzene rings is 1. The lowest BCUT2D eigenvalue weighted by atomic mass is 10.1. The van der Waals surface area contributed by atoms with E-state index in [0.29, 0.717) is 18.9 Å². The van der Waals surface area contributed by atoms with Crippen LogP contribution in [0.15, 0.2) is 24.3 Å². The average molecular weight is 365 g/mol. The summed E-state index contributed by atoms with van der Waals surface area (Å²) in [5.74, 6) is 0.465. The Morgan fingerprint density at radius 1 is 1.32 bits per heavy atom. The second-order valence-corrected chi connectivity index (χ2v) is 7.72. The summed E-state index contributed by atoms with van der Waals surface area (Å²) in [7, 11) is 0. The number of carbonyl (C=O) groups is 2. The van der Waals surface area contributed by atoms with Crippen LogP contribution in [0.3, 0.4) is 0 Å². The first kappa shape index (κ1) is 19.8. The van der Waals surface area contributed by atoms with Gasteiger partial charge in [-0.25, -0.2) is 0 Å². The van der Waals surface area contributed by atoms with Gasteiger partial charge in [0.05, 0.1) is 6.10 Å². The minimum absolute atomic E-state index is 0.0705. The van der Waals surface area contributed by atoms with Gasteiger partial charge in [-0.15, -0.1) is 11.8 Å². The molecule has 0 radical (unpaired) electrons. The Hall–Kier alpha value is -1.53. The van der Waals surface area contributed by atoms with E-state index >= 15 is 0 Å². The van der Waals surface area contributed by atoms with E-state index in [-0.39, 0.29) is 23.3 Å². The van der Waals surface area contributed by atoms with Crippen LogP contribution in [-0.4, -0.2) is 47.8 Å². The third kappa shape index (κ3) is 5.47. The predicted octanol–water partition coefficient (Wildman–Crippen LogP) is 2.89. The van der Waals surface area contributed by atoms with Gasteiger partial charge in [0.2, 0.25) is 11.8 Å². The number of ether oxygens (including phenoxy) is 1. The lowest BCUT2D eigenvalue weighted by Gasteiger charge is -2.28. The summed E-state index contributed by atoms with van der Waals surface area (Å²) >= 11 is 1.64. The molecule has 1 heterocycles. The van der Waals surface area contributed by atoms with Crippen molar-refractivity contribution in [2.45, 2.75) is 51.6 Å². The number of thioether (sulfide) groups is 1. The molecule has 2 unspecified atom stereocenters. The lowest BCUT2D eigenvalue weighted by molar-refractivity contribution is -0.138. The summed E-state index contributed by atoms with van der Waals surface area (Å²) in [5.41, 5.74) is 2.24. The average Bonchev–Trinajstić information content (AvgIpc) is 3.00. The summed E-state index contributed by atoms with van der Waals surface area (Å²) in [4.78, 5) is 26.4. The Labute approximate surface area is 154 Å². The fourth-order valence-corrected chi connectivity index (χ4v) is 4.28. The van der Waals surface area contributed by atoms with Crippen LogP contribution in [0.5, 0.6) is 0 Å². The van der Waals surface area contributed by atoms with E-state index in [1.54, 1.807) is 16.7 Å². The summed E-state index contributed by atoms with van der Waals surface area (Å²) in [6.07, 6.45) is 0.969. The third-order valence-corrected chi connectivity index (χ3v) is 5.42. The summed E-state index contributed by atoms with van der Waals surface area (Å²) in [5, 5.41) is 2.84. The minimum atomic E-state index is -0.417. The molecule has 25 heavy (non-hydrogen) atoms. The number of hydrogen-bond donors (Lipinski definition) is 1. The normalized spacial score (nSPS) is 20.1. The van der Waals surface area contributed by atoms with E-state index in [1.807, 2.05) is 45.0 Å². The second-order valence-electron chi connectivity index (χ2n) is 6.60. The largest absolute Gasteiger partial charge is 0.379 e. The Bertz CT molecular complexity index is 589. The van der Waals surface area contributed by atoms with Crippen molar-refractivity contribution in [1.29, 1.82) is 0 Å². The lowest BCUT2D eigenvalue weighted by Crippen LogP contribution is -2.47. The van der Waals surface area contributed by atoms with Crippen LogP contribution in [0.4, 0.5) is 0 Å². The van der Waals surface area contributed by atoms with Crippen molar-refractivity contribution < 1.29 is 14.3 Å². The van der Waals surface area contributed by atoms with E-state index in [9.17, 15) is 9.59 Å². The topological polar surface area (TPSA) is 58.6 Å². The molecule has 0 saturated carbocycles. The third-order valence-electron chi connectivity index (χ3n) is 4.10. The summed E-state index contributed by atoms with van der Waals surface area (Å²) in [6, 6.07) is 7.73. The second kappa shape index (κ2) is 9.25. The predicted molar refractivity (Wildman–Crippen MR) is 101 cm³/mol. The van der Waals surface area contributed by atoms with Crippen LogP contribution >= 0.6 is 11.8 Å². The molecule has 0 aromatic heterocycles. The molecule has 2 amide bonds. The van der Waals surface area contributed by atoms with Crippen LogP contribution in [-0.2, 0) is 14.3 Å². The molecular formula is C19H28N2O3S. The van der Waals surface area contributed by atoms with Gasteiger partial charge in [0.15, 0.2) is 0 Å². The standard InChI is InChI=1S/C19H28N2O3S/c1-13(2)24-11-5-10-20-18(23)17-12-25-19(21(17)15(4)22)16-8-6-14(3)7-9-16/h6-9,13,17,19H,5,10-12H2,1-4H3,(H,20,23). The first-order valence-corrected chi connectivity index (χ1v) is 9.81. The summed E-state index contributed by atoms with van der Waals surface area (Å²) < 4.78 is 5.47. The number of aryl methyl sites for hydroxylation is 1. The van der Waals surface area contributed by atoms with Gasteiger partial charge >= 0.3 is 0 Å². The highest BCUT2D eigenvalue weighted by Crippen LogP contribution is 2.41. The van der Waals surface area contributed by atoms with E-state index in [2.05, 4.69) is 5.32 Å². The van der Waals surface area contributed by atoms with Crippen LogP contribution in [0.1, 0.15) is 43.7 Å². The molecule has 0 spiro atoms. The van der Waals surface area contributed by atoms with Gasteiger partial charge in [0, 0.05) is 25.8 Å². The van der Waals surface area contributed by atoms with Crippen LogP contribution in [0.2, 0.25) is 0 Å². The number of hydrogen-bond acceptors (Lipinski definition) is 4. The molecular weight excluding hydrogens is 336 g/mol. The van der Waals surface area contributed by atoms with Gasteiger partial charge in [-0.3, -0.25) is 9.59 Å². The van der Waals surface area contributed by atoms with Crippen molar-refractivity contribution in [2.24, 2.45) is 0 Å². The van der Waals surface area contributed by atoms with E-state index < -0.39 is 6.04 Å². The molecule has 1 aromatic carbocycles. The SMILES string of the molecule is CC(=O)N1C(C(=O)NCCCOC(C)C)CSC1c1ccc(C)cc1. The van der Waals surface area contributed by atoms with Crippen LogP contribution < -0.4 is 5.32 Å². The fraction of sp³-hybridized carbons (Fsp3) is 0.579. The van der Waals surface area contributed by atoms with Gasteiger partial charge < -0.3 is 15.0 Å². The van der Waals surface area contributed by atoms with Crippen molar-refractivity contribution in [1.82, 2.24) is 10.2 Å². The molecule has 0 aliphatic carbocycles. The molecule has 2 rings (SSSR count). The van der Waals surface area contributed by atoms with E-state index in [0.717, 1.165) is 12.0 Å². The number of carbonyl (C=O) groups excluding carboxylic acids is 2. The van der Waals surface area contributed by atoms with Crippen molar-refractivity contribution in [3.63, 3.8) is 0 Å². The van der Waals surface area contributed by atoms with Gasteiger partial charge in [-0.1, -0.05) is 29.8 Å². The summed E-state index contributed by atoms with van der Waals surface area (Å²) in [6.45, 7) is 8.74.